The zero-order valence-corrected chi connectivity index (χ0v) is 18.0. The van der Waals surface area contributed by atoms with Crippen LogP contribution in [0.5, 0.6) is 0 Å². The average Bonchev–Trinajstić information content (AvgIpc) is 2.72. The van der Waals surface area contributed by atoms with Crippen LogP contribution in [-0.4, -0.2) is 30.6 Å². The van der Waals surface area contributed by atoms with Crippen LogP contribution in [0.4, 0.5) is 11.4 Å². The molecule has 2 aromatic carbocycles. The van der Waals surface area contributed by atoms with Gasteiger partial charge in [-0.05, 0) is 46.9 Å². The van der Waals surface area contributed by atoms with E-state index in [-0.39, 0.29) is 11.6 Å². The highest BCUT2D eigenvalue weighted by Crippen LogP contribution is 2.28. The van der Waals surface area contributed by atoms with Crippen molar-refractivity contribution >= 4 is 33.2 Å². The predicted octanol–water partition coefficient (Wildman–Crippen LogP) is 4.83. The number of carbonyl (C=O) groups is 1. The number of rotatable bonds is 12. The Kier molecular flexibility index (Phi) is 9.76. The van der Waals surface area contributed by atoms with Gasteiger partial charge in [0.25, 0.3) is 5.69 Å². The van der Waals surface area contributed by atoms with Gasteiger partial charge in [-0.3, -0.25) is 14.9 Å². The fourth-order valence-electron chi connectivity index (χ4n) is 2.70. The molecule has 1 atom stereocenters. The van der Waals surface area contributed by atoms with Crippen molar-refractivity contribution in [3.8, 4) is 0 Å². The number of hydrogen-bond acceptors (Lipinski definition) is 5. The van der Waals surface area contributed by atoms with Gasteiger partial charge in [0, 0.05) is 29.8 Å². The van der Waals surface area contributed by atoms with Gasteiger partial charge in [0.05, 0.1) is 10.6 Å². The minimum Gasteiger partial charge on any atom is -0.381 e. The first-order valence-electron chi connectivity index (χ1n) is 9.63. The maximum atomic E-state index is 12.9. The molecule has 0 aliphatic rings. The number of ether oxygens (including phenoxy) is 1. The molecule has 0 aliphatic carbocycles. The van der Waals surface area contributed by atoms with E-state index in [4.69, 9.17) is 4.74 Å². The van der Waals surface area contributed by atoms with Gasteiger partial charge in [0.2, 0.25) is 5.91 Å². The third-order valence-corrected chi connectivity index (χ3v) is 4.93. The smallest absolute Gasteiger partial charge is 0.270 e. The number of halogens is 1. The maximum Gasteiger partial charge on any atom is 0.270 e. The number of amides is 1. The third-order valence-electron chi connectivity index (χ3n) is 4.27. The van der Waals surface area contributed by atoms with Crippen LogP contribution in [0.25, 0.3) is 0 Å². The SMILES string of the molecule is CCCCOCCCN[C@@H](C(=O)Nc1ccc([N+](=O)[O-])cc1Br)c1ccccc1. The van der Waals surface area contributed by atoms with Gasteiger partial charge >= 0.3 is 0 Å². The van der Waals surface area contributed by atoms with Crippen molar-refractivity contribution in [3.63, 3.8) is 0 Å². The van der Waals surface area contributed by atoms with Gasteiger partial charge < -0.3 is 15.4 Å². The van der Waals surface area contributed by atoms with Crippen LogP contribution in [0.15, 0.2) is 53.0 Å². The van der Waals surface area contributed by atoms with Crippen molar-refractivity contribution in [2.24, 2.45) is 0 Å². The molecule has 0 aliphatic heterocycles. The van der Waals surface area contributed by atoms with Gasteiger partial charge in [0.1, 0.15) is 6.04 Å². The highest BCUT2D eigenvalue weighted by molar-refractivity contribution is 9.10. The van der Waals surface area contributed by atoms with Crippen LogP contribution in [0.2, 0.25) is 0 Å². The molecule has 0 spiro atoms. The van der Waals surface area contributed by atoms with Gasteiger partial charge in [-0.15, -0.1) is 0 Å². The normalized spacial score (nSPS) is 11.8. The van der Waals surface area contributed by atoms with Crippen molar-refractivity contribution in [1.29, 1.82) is 0 Å². The van der Waals surface area contributed by atoms with Gasteiger partial charge in [-0.2, -0.15) is 0 Å². The predicted molar refractivity (Wildman–Crippen MR) is 117 cm³/mol. The summed E-state index contributed by atoms with van der Waals surface area (Å²) < 4.78 is 6.02. The second kappa shape index (κ2) is 12.3. The molecule has 1 amide bonds. The third kappa shape index (κ3) is 7.56. The van der Waals surface area contributed by atoms with Gasteiger partial charge in [-0.1, -0.05) is 43.7 Å². The molecular formula is C21H26BrN3O4. The van der Waals surface area contributed by atoms with E-state index in [1.54, 1.807) is 0 Å². The number of anilines is 1. The molecule has 7 nitrogen and oxygen atoms in total. The van der Waals surface area contributed by atoms with Crippen molar-refractivity contribution in [2.75, 3.05) is 25.1 Å². The first-order chi connectivity index (χ1) is 14.0. The Morgan fingerprint density at radius 1 is 1.17 bits per heavy atom. The number of benzene rings is 2. The van der Waals surface area contributed by atoms with Crippen LogP contribution in [-0.2, 0) is 9.53 Å². The van der Waals surface area contributed by atoms with E-state index in [0.717, 1.165) is 31.4 Å². The Balaban J connectivity index is 2.01. The molecule has 0 saturated heterocycles. The lowest BCUT2D eigenvalue weighted by Crippen LogP contribution is -2.34. The number of non-ortho nitro benzene ring substituents is 1. The van der Waals surface area contributed by atoms with Crippen molar-refractivity contribution in [3.05, 3.63) is 68.7 Å². The molecule has 2 rings (SSSR count). The van der Waals surface area contributed by atoms with Crippen molar-refractivity contribution in [1.82, 2.24) is 5.32 Å². The molecule has 0 aromatic heterocycles. The minimum absolute atomic E-state index is 0.0457. The molecule has 0 unspecified atom stereocenters. The number of nitrogens with one attached hydrogen (secondary N) is 2. The minimum atomic E-state index is -0.547. The van der Waals surface area contributed by atoms with E-state index in [9.17, 15) is 14.9 Å². The average molecular weight is 464 g/mol. The van der Waals surface area contributed by atoms with E-state index >= 15 is 0 Å². The zero-order chi connectivity index (χ0) is 21.1. The van der Waals surface area contributed by atoms with Crippen LogP contribution in [0.3, 0.4) is 0 Å². The Morgan fingerprint density at radius 2 is 1.90 bits per heavy atom. The van der Waals surface area contributed by atoms with E-state index in [2.05, 4.69) is 33.5 Å². The standard InChI is InChI=1S/C21H26BrN3O4/c1-2-3-13-29-14-7-12-23-20(16-8-5-4-6-9-16)21(26)24-19-11-10-17(25(27)28)15-18(19)22/h4-6,8-11,15,20,23H,2-3,7,12-14H2,1H3,(H,24,26)/t20-/m1/s1. The Morgan fingerprint density at radius 3 is 2.55 bits per heavy atom. The fraction of sp³-hybridized carbons (Fsp3) is 0.381. The number of carbonyl (C=O) groups excluding carboxylic acids is 1. The second-order valence-electron chi connectivity index (χ2n) is 6.53. The molecule has 0 fully saturated rings. The van der Waals surface area contributed by atoms with Gasteiger partial charge in [0.15, 0.2) is 0 Å². The topological polar surface area (TPSA) is 93.5 Å². The molecule has 29 heavy (non-hydrogen) atoms. The molecule has 0 bridgehead atoms. The number of hydrogen-bond donors (Lipinski definition) is 2. The molecule has 8 heteroatoms. The summed E-state index contributed by atoms with van der Waals surface area (Å²) >= 11 is 3.29. The molecule has 0 saturated carbocycles. The highest BCUT2D eigenvalue weighted by atomic mass is 79.9. The van der Waals surface area contributed by atoms with Crippen molar-refractivity contribution < 1.29 is 14.5 Å². The van der Waals surface area contributed by atoms with E-state index in [1.807, 2.05) is 30.3 Å². The fourth-order valence-corrected chi connectivity index (χ4v) is 3.17. The van der Waals surface area contributed by atoms with Crippen LogP contribution in [0, 0.1) is 10.1 Å². The van der Waals surface area contributed by atoms with E-state index in [1.165, 1.54) is 18.2 Å². The van der Waals surface area contributed by atoms with E-state index < -0.39 is 11.0 Å². The van der Waals surface area contributed by atoms with Crippen LogP contribution >= 0.6 is 15.9 Å². The Labute approximate surface area is 179 Å². The monoisotopic (exact) mass is 463 g/mol. The lowest BCUT2D eigenvalue weighted by atomic mass is 10.1. The summed E-state index contributed by atoms with van der Waals surface area (Å²) in [5.41, 5.74) is 1.27. The second-order valence-corrected chi connectivity index (χ2v) is 7.38. The number of nitrogens with zero attached hydrogens (tertiary/aromatic N) is 1. The number of nitro benzene ring substituents is 1. The zero-order valence-electron chi connectivity index (χ0n) is 16.4. The summed E-state index contributed by atoms with van der Waals surface area (Å²) in [4.78, 5) is 23.3. The molecular weight excluding hydrogens is 438 g/mol. The summed E-state index contributed by atoms with van der Waals surface area (Å²) in [5, 5.41) is 17.0. The molecule has 2 aromatic rings. The van der Waals surface area contributed by atoms with Crippen molar-refractivity contribution in [2.45, 2.75) is 32.2 Å². The number of unbranched alkanes of at least 4 members (excludes halogenated alkanes) is 1. The summed E-state index contributed by atoms with van der Waals surface area (Å²) in [6.45, 7) is 4.15. The maximum absolute atomic E-state index is 12.9. The summed E-state index contributed by atoms with van der Waals surface area (Å²) in [6, 6.07) is 13.1. The summed E-state index contributed by atoms with van der Waals surface area (Å²) in [5.74, 6) is -0.238. The largest absolute Gasteiger partial charge is 0.381 e. The molecule has 156 valence electrons. The molecule has 0 heterocycles. The molecule has 0 radical (unpaired) electrons. The lowest BCUT2D eigenvalue weighted by molar-refractivity contribution is -0.384. The van der Waals surface area contributed by atoms with Crippen LogP contribution in [0.1, 0.15) is 37.8 Å². The summed E-state index contributed by atoms with van der Waals surface area (Å²) in [6.07, 6.45) is 2.95. The van der Waals surface area contributed by atoms with Gasteiger partial charge in [-0.25, -0.2) is 0 Å². The van der Waals surface area contributed by atoms with Crippen LogP contribution < -0.4 is 10.6 Å². The highest BCUT2D eigenvalue weighted by Gasteiger charge is 2.21. The lowest BCUT2D eigenvalue weighted by Gasteiger charge is -2.19. The Hall–Kier alpha value is -2.29. The first-order valence-corrected chi connectivity index (χ1v) is 10.4. The summed E-state index contributed by atoms with van der Waals surface area (Å²) in [7, 11) is 0. The van der Waals surface area contributed by atoms with E-state index in [0.29, 0.717) is 23.3 Å². The Bertz CT molecular complexity index is 802. The quantitative estimate of drug-likeness (QED) is 0.267. The first kappa shape index (κ1) is 23.0. The number of nitro groups is 1. The molecule has 2 N–H and O–H groups in total.